The van der Waals surface area contributed by atoms with Gasteiger partial charge in [-0.05, 0) is 50.5 Å². The van der Waals surface area contributed by atoms with Crippen molar-refractivity contribution in [3.63, 3.8) is 0 Å². The molecule has 2 saturated heterocycles. The van der Waals surface area contributed by atoms with Crippen LogP contribution in [0.4, 0.5) is 19.0 Å². The standard InChI is InChI=1S/C23H30F3N5O2S2/c24-23(25,26)8-17-7-19-20(27-14-28-21(19)34-17)31-12-22(13-31)10-30(11-22)9-15-1-3-16(4-2-15)29-35(32,33)18-5-6-18/h7,14-16,18,29H,1-6,8-13H2. The first-order valence-electron chi connectivity index (χ1n) is 12.4. The van der Waals surface area contributed by atoms with E-state index < -0.39 is 22.6 Å². The first-order chi connectivity index (χ1) is 16.6. The Kier molecular flexibility index (Phi) is 5.82. The van der Waals surface area contributed by atoms with Crippen LogP contribution in [0.3, 0.4) is 0 Å². The van der Waals surface area contributed by atoms with Crippen LogP contribution in [-0.2, 0) is 16.4 Å². The van der Waals surface area contributed by atoms with Crippen molar-refractivity contribution < 1.29 is 21.6 Å². The van der Waals surface area contributed by atoms with Gasteiger partial charge in [0.25, 0.3) is 0 Å². The van der Waals surface area contributed by atoms with Gasteiger partial charge in [0, 0.05) is 49.1 Å². The van der Waals surface area contributed by atoms with Crippen LogP contribution in [0.1, 0.15) is 43.4 Å². The summed E-state index contributed by atoms with van der Waals surface area (Å²) in [6.45, 7) is 4.88. The second-order valence-corrected chi connectivity index (χ2v) is 14.1. The fraction of sp³-hybridized carbons (Fsp3) is 0.739. The Morgan fingerprint density at radius 3 is 2.43 bits per heavy atom. The molecule has 6 rings (SSSR count). The molecule has 12 heteroatoms. The van der Waals surface area contributed by atoms with E-state index in [4.69, 9.17) is 0 Å². The second kappa shape index (κ2) is 8.53. The number of likely N-dealkylation sites (tertiary alicyclic amines) is 1. The van der Waals surface area contributed by atoms with Crippen molar-refractivity contribution in [3.8, 4) is 0 Å². The molecule has 2 aromatic heterocycles. The second-order valence-electron chi connectivity index (χ2n) is 11.0. The maximum atomic E-state index is 12.8. The van der Waals surface area contributed by atoms with E-state index in [0.717, 1.165) is 93.8 Å². The molecule has 0 unspecified atom stereocenters. The minimum absolute atomic E-state index is 0.0956. The maximum Gasteiger partial charge on any atom is 0.393 e. The van der Waals surface area contributed by atoms with Gasteiger partial charge in [-0.1, -0.05) is 0 Å². The van der Waals surface area contributed by atoms with Gasteiger partial charge in [0.05, 0.1) is 17.1 Å². The predicted octanol–water partition coefficient (Wildman–Crippen LogP) is 3.56. The number of thiophene rings is 1. The Labute approximate surface area is 207 Å². The van der Waals surface area contributed by atoms with Gasteiger partial charge >= 0.3 is 6.18 Å². The highest BCUT2D eigenvalue weighted by Gasteiger charge is 2.52. The fourth-order valence-electron chi connectivity index (χ4n) is 6.11. The lowest BCUT2D eigenvalue weighted by atomic mass is 9.72. The number of aromatic nitrogens is 2. The normalized spacial score (nSPS) is 27.2. The van der Waals surface area contributed by atoms with E-state index in [0.29, 0.717) is 10.7 Å². The predicted molar refractivity (Wildman–Crippen MR) is 129 cm³/mol. The van der Waals surface area contributed by atoms with Crippen molar-refractivity contribution in [1.82, 2.24) is 19.6 Å². The number of halogens is 3. The van der Waals surface area contributed by atoms with Crippen molar-refractivity contribution in [1.29, 1.82) is 0 Å². The molecule has 0 aromatic carbocycles. The SMILES string of the molecule is O=S(=O)(NC1CCC(CN2CC3(C2)CN(c2ncnc4sc(CC(F)(F)F)cc24)C3)CC1)C1CC1. The number of anilines is 1. The zero-order valence-electron chi connectivity index (χ0n) is 19.4. The minimum atomic E-state index is -4.23. The minimum Gasteiger partial charge on any atom is -0.355 e. The summed E-state index contributed by atoms with van der Waals surface area (Å²) in [5.74, 6) is 1.36. The van der Waals surface area contributed by atoms with Gasteiger partial charge in [-0.25, -0.2) is 23.1 Å². The third-order valence-corrected chi connectivity index (χ3v) is 10.9. The highest BCUT2D eigenvalue weighted by molar-refractivity contribution is 7.90. The lowest BCUT2D eigenvalue weighted by Gasteiger charge is -2.61. The zero-order valence-corrected chi connectivity index (χ0v) is 21.1. The molecule has 35 heavy (non-hydrogen) atoms. The topological polar surface area (TPSA) is 78.4 Å². The number of nitrogens with one attached hydrogen (secondary N) is 1. The summed E-state index contributed by atoms with van der Waals surface area (Å²) < 4.78 is 65.7. The maximum absolute atomic E-state index is 12.8. The van der Waals surface area contributed by atoms with E-state index in [-0.39, 0.29) is 21.6 Å². The molecular weight excluding hydrogens is 499 g/mol. The Bertz CT molecular complexity index is 1190. The van der Waals surface area contributed by atoms with Crippen LogP contribution < -0.4 is 9.62 Å². The van der Waals surface area contributed by atoms with Crippen molar-refractivity contribution in [2.45, 2.75) is 62.4 Å². The van der Waals surface area contributed by atoms with Crippen molar-refractivity contribution in [3.05, 3.63) is 17.3 Å². The van der Waals surface area contributed by atoms with Crippen LogP contribution in [0.15, 0.2) is 12.4 Å². The van der Waals surface area contributed by atoms with Gasteiger partial charge in [-0.15, -0.1) is 11.3 Å². The molecular formula is C23H30F3N5O2S2. The number of rotatable bonds is 7. The van der Waals surface area contributed by atoms with E-state index in [2.05, 4.69) is 24.5 Å². The van der Waals surface area contributed by atoms with Gasteiger partial charge in [-0.2, -0.15) is 13.2 Å². The summed E-state index contributed by atoms with van der Waals surface area (Å²) in [7, 11) is -3.10. The van der Waals surface area contributed by atoms with E-state index in [1.165, 1.54) is 6.33 Å². The first kappa shape index (κ1) is 23.9. The van der Waals surface area contributed by atoms with Crippen LogP contribution in [0.5, 0.6) is 0 Å². The summed E-state index contributed by atoms with van der Waals surface area (Å²) in [5.41, 5.74) is 0.249. The Morgan fingerprint density at radius 1 is 1.06 bits per heavy atom. The molecule has 0 radical (unpaired) electrons. The van der Waals surface area contributed by atoms with Crippen LogP contribution in [0.25, 0.3) is 10.2 Å². The molecule has 4 heterocycles. The lowest BCUT2D eigenvalue weighted by molar-refractivity contribution is -0.126. The fourth-order valence-corrected chi connectivity index (χ4v) is 8.78. The van der Waals surface area contributed by atoms with E-state index in [1.54, 1.807) is 6.07 Å². The number of hydrogen-bond acceptors (Lipinski definition) is 7. The number of nitrogens with zero attached hydrogens (tertiary/aromatic N) is 4. The van der Waals surface area contributed by atoms with Crippen molar-refractivity contribution in [2.24, 2.45) is 11.3 Å². The van der Waals surface area contributed by atoms with Crippen molar-refractivity contribution >= 4 is 37.4 Å². The molecule has 2 saturated carbocycles. The van der Waals surface area contributed by atoms with Crippen LogP contribution in [-0.4, -0.2) is 73.5 Å². The third-order valence-electron chi connectivity index (χ3n) is 7.86. The van der Waals surface area contributed by atoms with E-state index in [9.17, 15) is 21.6 Å². The van der Waals surface area contributed by atoms with Gasteiger partial charge < -0.3 is 9.80 Å². The molecule has 2 aliphatic heterocycles. The molecule has 0 bridgehead atoms. The molecule has 4 fully saturated rings. The highest BCUT2D eigenvalue weighted by atomic mass is 32.2. The van der Waals surface area contributed by atoms with Gasteiger partial charge in [0.15, 0.2) is 0 Å². The molecule has 1 N–H and O–H groups in total. The Hall–Kier alpha value is -1.50. The third kappa shape index (κ3) is 5.03. The molecule has 0 atom stereocenters. The summed E-state index contributed by atoms with van der Waals surface area (Å²) in [4.78, 5) is 14.1. The smallest absolute Gasteiger partial charge is 0.355 e. The number of alkyl halides is 3. The molecule has 4 aliphatic rings. The molecule has 192 valence electrons. The van der Waals surface area contributed by atoms with Crippen molar-refractivity contribution in [2.75, 3.05) is 37.6 Å². The molecule has 7 nitrogen and oxygen atoms in total. The summed E-state index contributed by atoms with van der Waals surface area (Å²) in [5, 5.41) is 0.566. The summed E-state index contributed by atoms with van der Waals surface area (Å²) in [6.07, 6.45) is 1.85. The largest absolute Gasteiger partial charge is 0.393 e. The lowest BCUT2D eigenvalue weighted by Crippen LogP contribution is -2.72. The zero-order chi connectivity index (χ0) is 24.4. The van der Waals surface area contributed by atoms with E-state index >= 15 is 0 Å². The highest BCUT2D eigenvalue weighted by Crippen LogP contribution is 2.44. The molecule has 2 aliphatic carbocycles. The number of fused-ring (bicyclic) bond motifs is 1. The Balaban J connectivity index is 0.978. The summed E-state index contributed by atoms with van der Waals surface area (Å²) >= 11 is 1.09. The van der Waals surface area contributed by atoms with Crippen LogP contribution >= 0.6 is 11.3 Å². The average molecular weight is 530 g/mol. The number of sulfonamides is 1. The Morgan fingerprint density at radius 2 is 1.77 bits per heavy atom. The van der Waals surface area contributed by atoms with Gasteiger partial charge in [-0.3, -0.25) is 0 Å². The average Bonchev–Trinajstić information content (AvgIpc) is 3.50. The molecule has 1 spiro atoms. The van der Waals surface area contributed by atoms with E-state index in [1.807, 2.05) is 0 Å². The van der Waals surface area contributed by atoms with Crippen LogP contribution in [0.2, 0.25) is 0 Å². The quantitative estimate of drug-likeness (QED) is 0.591. The first-order valence-corrected chi connectivity index (χ1v) is 14.7. The monoisotopic (exact) mass is 529 g/mol. The molecule has 2 aromatic rings. The summed E-state index contributed by atoms with van der Waals surface area (Å²) in [6, 6.07) is 1.69. The van der Waals surface area contributed by atoms with Gasteiger partial charge in [0.1, 0.15) is 17.0 Å². The molecule has 0 amide bonds. The van der Waals surface area contributed by atoms with Crippen LogP contribution in [0, 0.1) is 11.3 Å². The van der Waals surface area contributed by atoms with Gasteiger partial charge in [0.2, 0.25) is 10.0 Å². The number of hydrogen-bond donors (Lipinski definition) is 1.